The Labute approximate surface area is 295 Å². The highest BCUT2D eigenvalue weighted by molar-refractivity contribution is 4.50. The van der Waals surface area contributed by atoms with Crippen LogP contribution in [-0.2, 0) is 4.74 Å². The third-order valence-corrected chi connectivity index (χ3v) is 8.92. The van der Waals surface area contributed by atoms with Crippen LogP contribution < -0.4 is 48.0 Å². The van der Waals surface area contributed by atoms with Gasteiger partial charge in [0.15, 0.2) is 0 Å². The van der Waals surface area contributed by atoms with Crippen molar-refractivity contribution < 1.29 is 61.7 Å². The molecule has 0 saturated carbocycles. The third-order valence-electron chi connectivity index (χ3n) is 8.92. The minimum atomic E-state index is 0. The Bertz CT molecular complexity index is 446. The summed E-state index contributed by atoms with van der Waals surface area (Å²) >= 11 is 0. The van der Waals surface area contributed by atoms with Gasteiger partial charge in [0, 0.05) is 0 Å². The van der Waals surface area contributed by atoms with Crippen LogP contribution in [-0.4, -0.2) is 76.5 Å². The molecule has 0 amide bonds. The predicted molar refractivity (Wildman–Crippen MR) is 177 cm³/mol. The lowest BCUT2D eigenvalue weighted by Crippen LogP contribution is -3.00. The fourth-order valence-corrected chi connectivity index (χ4v) is 5.71. The topological polar surface area (TPSA) is 9.23 Å². The molecular weight excluding hydrogens is 730 g/mol. The van der Waals surface area contributed by atoms with Crippen molar-refractivity contribution in [3.05, 3.63) is 0 Å². The summed E-state index contributed by atoms with van der Waals surface area (Å²) in [5, 5.41) is 0. The molecule has 0 bridgehead atoms. The van der Waals surface area contributed by atoms with Gasteiger partial charge in [-0.3, -0.25) is 0 Å². The summed E-state index contributed by atoms with van der Waals surface area (Å²) in [6.07, 6.45) is 34.4. The van der Waals surface area contributed by atoms with Crippen LogP contribution >= 0.6 is 0 Å². The standard InChI is InChI=1S/C36H78N2O.2HI/c1-7-9-11-13-15-17-19-21-23-25-27-29-31-37(3,4)33-35-39-36-34-38(5,6)32-30-28-26-24-22-20-18-16-14-12-10-8-2;;/h7-36H2,1-6H3;2*1H/q+2;;/p-2. The van der Waals surface area contributed by atoms with Crippen LogP contribution in [0, 0.1) is 0 Å². The van der Waals surface area contributed by atoms with Crippen LogP contribution in [0.3, 0.4) is 0 Å². The first-order valence-corrected chi connectivity index (χ1v) is 18.0. The molecule has 0 saturated heterocycles. The molecule has 3 nitrogen and oxygen atoms in total. The number of nitrogens with zero attached hydrogens (tertiary/aromatic N) is 2. The Morgan fingerprint density at radius 2 is 0.537 bits per heavy atom. The molecule has 0 radical (unpaired) electrons. The number of likely N-dealkylation sites (N-methyl/N-ethyl adjacent to an activating group) is 2. The van der Waals surface area contributed by atoms with E-state index in [0.29, 0.717) is 0 Å². The highest BCUT2D eigenvalue weighted by Crippen LogP contribution is 2.14. The lowest BCUT2D eigenvalue weighted by atomic mass is 10.1. The predicted octanol–water partition coefficient (Wildman–Crippen LogP) is 4.57. The molecule has 0 N–H and O–H groups in total. The Balaban J connectivity index is -0.00000722. The average Bonchev–Trinajstić information content (AvgIpc) is 2.89. The maximum Gasteiger partial charge on any atom is 0.102 e. The van der Waals surface area contributed by atoms with Gasteiger partial charge in [0.1, 0.15) is 13.1 Å². The van der Waals surface area contributed by atoms with Gasteiger partial charge < -0.3 is 61.7 Å². The number of quaternary nitrogens is 2. The van der Waals surface area contributed by atoms with Gasteiger partial charge in [-0.25, -0.2) is 0 Å². The van der Waals surface area contributed by atoms with Crippen molar-refractivity contribution in [2.45, 2.75) is 168 Å². The van der Waals surface area contributed by atoms with E-state index in [0.717, 1.165) is 35.3 Å². The van der Waals surface area contributed by atoms with Crippen molar-refractivity contribution in [1.82, 2.24) is 0 Å². The summed E-state index contributed by atoms with van der Waals surface area (Å²) in [4.78, 5) is 0. The fourth-order valence-electron chi connectivity index (χ4n) is 5.71. The van der Waals surface area contributed by atoms with Crippen LogP contribution in [0.1, 0.15) is 168 Å². The molecule has 0 aromatic carbocycles. The normalized spacial score (nSPS) is 11.9. The molecule has 0 fully saturated rings. The summed E-state index contributed by atoms with van der Waals surface area (Å²) in [5.41, 5.74) is 0. The van der Waals surface area contributed by atoms with Crippen molar-refractivity contribution in [1.29, 1.82) is 0 Å². The second kappa shape index (κ2) is 34.2. The SMILES string of the molecule is CCCCCCCCCCCCCC[N+](C)(C)CCOCC[N+](C)(C)CCCCCCCCCCCCCC.[I-].[I-]. The van der Waals surface area contributed by atoms with Gasteiger partial charge in [0.05, 0.1) is 54.5 Å². The molecule has 0 rings (SSSR count). The number of halogens is 2. The van der Waals surface area contributed by atoms with Gasteiger partial charge in [0.2, 0.25) is 0 Å². The highest BCUT2D eigenvalue weighted by Gasteiger charge is 2.16. The first-order valence-electron chi connectivity index (χ1n) is 18.0. The second-order valence-electron chi connectivity index (χ2n) is 14.2. The molecule has 0 aromatic rings. The van der Waals surface area contributed by atoms with Gasteiger partial charge in [-0.1, -0.05) is 142 Å². The smallest absolute Gasteiger partial charge is 0.102 e. The molecule has 0 aliphatic carbocycles. The summed E-state index contributed by atoms with van der Waals surface area (Å²) in [6, 6.07) is 0. The molecule has 0 aliphatic rings. The van der Waals surface area contributed by atoms with E-state index < -0.39 is 0 Å². The number of ether oxygens (including phenoxy) is 1. The summed E-state index contributed by atoms with van der Waals surface area (Å²) in [6.45, 7) is 11.3. The first-order chi connectivity index (χ1) is 18.8. The number of hydrogen-bond acceptors (Lipinski definition) is 1. The molecule has 0 aliphatic heterocycles. The summed E-state index contributed by atoms with van der Waals surface area (Å²) < 4.78 is 8.31. The number of hydrogen-bond donors (Lipinski definition) is 0. The van der Waals surface area contributed by atoms with Crippen molar-refractivity contribution in [2.75, 3.05) is 67.6 Å². The molecule has 0 unspecified atom stereocenters. The van der Waals surface area contributed by atoms with E-state index in [1.807, 2.05) is 0 Å². The maximum absolute atomic E-state index is 6.10. The zero-order valence-electron chi connectivity index (χ0n) is 29.3. The van der Waals surface area contributed by atoms with Gasteiger partial charge >= 0.3 is 0 Å². The minimum Gasteiger partial charge on any atom is -1.00 e. The third kappa shape index (κ3) is 37.4. The molecule has 0 atom stereocenters. The Morgan fingerprint density at radius 1 is 0.317 bits per heavy atom. The van der Waals surface area contributed by atoms with Crippen molar-refractivity contribution in [2.24, 2.45) is 0 Å². The lowest BCUT2D eigenvalue weighted by molar-refractivity contribution is -0.894. The molecular formula is C36H78I2N2O. The van der Waals surface area contributed by atoms with Crippen molar-refractivity contribution in [3.8, 4) is 0 Å². The van der Waals surface area contributed by atoms with Crippen LogP contribution in [0.25, 0.3) is 0 Å². The van der Waals surface area contributed by atoms with Crippen LogP contribution in [0.5, 0.6) is 0 Å². The van der Waals surface area contributed by atoms with Gasteiger partial charge in [-0.05, 0) is 25.7 Å². The first kappa shape index (κ1) is 46.8. The lowest BCUT2D eigenvalue weighted by Gasteiger charge is -2.31. The Hall–Kier alpha value is 1.34. The van der Waals surface area contributed by atoms with Crippen molar-refractivity contribution >= 4 is 0 Å². The van der Waals surface area contributed by atoms with E-state index in [9.17, 15) is 0 Å². The second-order valence-corrected chi connectivity index (χ2v) is 14.2. The minimum absolute atomic E-state index is 0. The largest absolute Gasteiger partial charge is 1.00 e. The quantitative estimate of drug-likeness (QED) is 0.0551. The monoisotopic (exact) mass is 808 g/mol. The van der Waals surface area contributed by atoms with Gasteiger partial charge in [0.25, 0.3) is 0 Å². The van der Waals surface area contributed by atoms with E-state index >= 15 is 0 Å². The van der Waals surface area contributed by atoms with E-state index in [2.05, 4.69) is 42.0 Å². The fraction of sp³-hybridized carbons (Fsp3) is 1.00. The average molecular weight is 809 g/mol. The van der Waals surface area contributed by atoms with E-state index in [4.69, 9.17) is 4.74 Å². The molecule has 0 spiro atoms. The summed E-state index contributed by atoms with van der Waals surface area (Å²) in [5.74, 6) is 0. The molecule has 5 heteroatoms. The Kier molecular flexibility index (Phi) is 39.0. The van der Waals surface area contributed by atoms with E-state index in [-0.39, 0.29) is 48.0 Å². The molecule has 41 heavy (non-hydrogen) atoms. The van der Waals surface area contributed by atoms with Crippen LogP contribution in [0.4, 0.5) is 0 Å². The van der Waals surface area contributed by atoms with Crippen LogP contribution in [0.15, 0.2) is 0 Å². The zero-order valence-corrected chi connectivity index (χ0v) is 33.6. The summed E-state index contributed by atoms with van der Waals surface area (Å²) in [7, 11) is 9.54. The van der Waals surface area contributed by atoms with E-state index in [1.54, 1.807) is 0 Å². The molecule has 0 heterocycles. The zero-order chi connectivity index (χ0) is 28.9. The van der Waals surface area contributed by atoms with E-state index in [1.165, 1.54) is 167 Å². The Morgan fingerprint density at radius 3 is 0.780 bits per heavy atom. The maximum atomic E-state index is 6.10. The number of unbranched alkanes of at least 4 members (excludes halogenated alkanes) is 22. The highest BCUT2D eigenvalue weighted by atomic mass is 127. The van der Waals surface area contributed by atoms with Gasteiger partial charge in [-0.15, -0.1) is 0 Å². The van der Waals surface area contributed by atoms with Crippen molar-refractivity contribution in [3.63, 3.8) is 0 Å². The molecule has 0 aromatic heterocycles. The number of rotatable bonds is 32. The van der Waals surface area contributed by atoms with Crippen LogP contribution in [0.2, 0.25) is 0 Å². The molecule has 252 valence electrons. The van der Waals surface area contributed by atoms with Gasteiger partial charge in [-0.2, -0.15) is 0 Å².